The van der Waals surface area contributed by atoms with E-state index in [-0.39, 0.29) is 5.91 Å². The fourth-order valence-electron chi connectivity index (χ4n) is 3.30. The third-order valence-electron chi connectivity index (χ3n) is 4.64. The molecule has 3 heterocycles. The van der Waals surface area contributed by atoms with Crippen molar-refractivity contribution in [3.63, 3.8) is 0 Å². The van der Waals surface area contributed by atoms with Gasteiger partial charge in [0.1, 0.15) is 11.6 Å². The highest BCUT2D eigenvalue weighted by molar-refractivity contribution is 5.93. The van der Waals surface area contributed by atoms with E-state index in [1.807, 2.05) is 35.4 Å². The molecule has 3 aromatic rings. The topological polar surface area (TPSA) is 73.1 Å². The predicted molar refractivity (Wildman–Crippen MR) is 95.9 cm³/mol. The first kappa shape index (κ1) is 16.3. The predicted octanol–water partition coefficient (Wildman–Crippen LogP) is 2.05. The lowest BCUT2D eigenvalue weighted by Gasteiger charge is -2.20. The van der Waals surface area contributed by atoms with Gasteiger partial charge in [-0.05, 0) is 18.2 Å². The smallest absolute Gasteiger partial charge is 0.255 e. The lowest BCUT2D eigenvalue weighted by atomic mass is 10.1. The van der Waals surface area contributed by atoms with Gasteiger partial charge in [0, 0.05) is 31.6 Å². The average molecular weight is 349 g/mol. The molecule has 7 heteroatoms. The van der Waals surface area contributed by atoms with Gasteiger partial charge in [-0.3, -0.25) is 4.79 Å². The van der Waals surface area contributed by atoms with Gasteiger partial charge in [0.25, 0.3) is 5.91 Å². The summed E-state index contributed by atoms with van der Waals surface area (Å²) in [6.45, 7) is 1.93. The largest absolute Gasteiger partial charge is 0.496 e. The Hall–Kier alpha value is -3.22. The van der Waals surface area contributed by atoms with Gasteiger partial charge in [0.2, 0.25) is 0 Å². The molecule has 0 bridgehead atoms. The van der Waals surface area contributed by atoms with Crippen LogP contribution in [0.2, 0.25) is 0 Å². The molecule has 0 aliphatic carbocycles. The van der Waals surface area contributed by atoms with Crippen molar-refractivity contribution in [2.45, 2.75) is 13.0 Å². The first-order valence-electron chi connectivity index (χ1n) is 8.51. The maximum Gasteiger partial charge on any atom is 0.255 e. The maximum absolute atomic E-state index is 12.7. The molecule has 0 N–H and O–H groups in total. The van der Waals surface area contributed by atoms with Gasteiger partial charge >= 0.3 is 0 Å². The molecule has 0 fully saturated rings. The fraction of sp³-hybridized carbons (Fsp3) is 0.263. The minimum Gasteiger partial charge on any atom is -0.496 e. The van der Waals surface area contributed by atoms with Gasteiger partial charge in [0.05, 0.1) is 37.0 Å². The quantitative estimate of drug-likeness (QED) is 0.723. The van der Waals surface area contributed by atoms with Gasteiger partial charge < -0.3 is 14.2 Å². The highest BCUT2D eigenvalue weighted by atomic mass is 16.5. The second kappa shape index (κ2) is 6.95. The number of amides is 1. The van der Waals surface area contributed by atoms with E-state index in [0.717, 1.165) is 22.8 Å². The van der Waals surface area contributed by atoms with E-state index in [1.165, 1.54) is 12.4 Å². The first-order chi connectivity index (χ1) is 12.8. The molecule has 1 aromatic carbocycles. The standard InChI is InChI=1S/C19H19N5O2/c1-26-17-5-3-2-4-15(17)16-13-20-18-7-9-23(10-11-24(16)18)19(25)14-6-8-21-22-12-14/h2-6,8,12-13H,7,9-11H2,1H3. The van der Waals surface area contributed by atoms with Crippen LogP contribution in [0.4, 0.5) is 0 Å². The second-order valence-corrected chi connectivity index (χ2v) is 6.08. The number of carbonyl (C=O) groups excluding carboxylic acids is 1. The first-order valence-corrected chi connectivity index (χ1v) is 8.51. The van der Waals surface area contributed by atoms with Crippen molar-refractivity contribution in [2.75, 3.05) is 20.2 Å². The number of carbonyl (C=O) groups is 1. The summed E-state index contributed by atoms with van der Waals surface area (Å²) in [4.78, 5) is 19.1. The van der Waals surface area contributed by atoms with E-state index in [2.05, 4.69) is 19.7 Å². The van der Waals surface area contributed by atoms with Crippen molar-refractivity contribution < 1.29 is 9.53 Å². The monoisotopic (exact) mass is 349 g/mol. The van der Waals surface area contributed by atoms with E-state index in [0.29, 0.717) is 31.6 Å². The Morgan fingerprint density at radius 1 is 1.08 bits per heavy atom. The Balaban J connectivity index is 1.60. The lowest BCUT2D eigenvalue weighted by Crippen LogP contribution is -2.33. The number of hydrogen-bond donors (Lipinski definition) is 0. The van der Waals surface area contributed by atoms with Crippen molar-refractivity contribution in [3.05, 3.63) is 60.3 Å². The summed E-state index contributed by atoms with van der Waals surface area (Å²) in [5, 5.41) is 7.53. The zero-order chi connectivity index (χ0) is 17.9. The maximum atomic E-state index is 12.7. The van der Waals surface area contributed by atoms with Gasteiger partial charge in [-0.1, -0.05) is 12.1 Å². The van der Waals surface area contributed by atoms with E-state index < -0.39 is 0 Å². The number of ether oxygens (including phenoxy) is 1. The summed E-state index contributed by atoms with van der Waals surface area (Å²) < 4.78 is 7.67. The molecule has 0 spiro atoms. The van der Waals surface area contributed by atoms with Crippen molar-refractivity contribution in [2.24, 2.45) is 0 Å². The SMILES string of the molecule is COc1ccccc1-c1cnc2n1CCN(C(=O)c1ccnnc1)CC2. The Morgan fingerprint density at radius 2 is 1.96 bits per heavy atom. The molecule has 4 rings (SSSR count). The van der Waals surface area contributed by atoms with Gasteiger partial charge in [0.15, 0.2) is 0 Å². The van der Waals surface area contributed by atoms with Gasteiger partial charge in [-0.25, -0.2) is 4.98 Å². The third kappa shape index (κ3) is 2.92. The number of fused-ring (bicyclic) bond motifs is 1. The van der Waals surface area contributed by atoms with Crippen LogP contribution in [0.15, 0.2) is 48.9 Å². The number of hydrogen-bond acceptors (Lipinski definition) is 5. The van der Waals surface area contributed by atoms with Crippen LogP contribution in [0.5, 0.6) is 5.75 Å². The number of benzene rings is 1. The Bertz CT molecular complexity index is 923. The van der Waals surface area contributed by atoms with Crippen molar-refractivity contribution in [1.82, 2.24) is 24.6 Å². The summed E-state index contributed by atoms with van der Waals surface area (Å²) in [5.41, 5.74) is 2.58. The molecule has 2 aromatic heterocycles. The van der Waals surface area contributed by atoms with Crippen LogP contribution in [0, 0.1) is 0 Å². The minimum absolute atomic E-state index is 0.0236. The molecule has 0 saturated carbocycles. The van der Waals surface area contributed by atoms with E-state index in [9.17, 15) is 4.79 Å². The molecule has 7 nitrogen and oxygen atoms in total. The Morgan fingerprint density at radius 3 is 2.77 bits per heavy atom. The molecule has 1 amide bonds. The molecular weight excluding hydrogens is 330 g/mol. The molecule has 0 atom stereocenters. The molecule has 0 radical (unpaired) electrons. The van der Waals surface area contributed by atoms with Crippen LogP contribution < -0.4 is 4.74 Å². The van der Waals surface area contributed by atoms with E-state index in [4.69, 9.17) is 4.74 Å². The number of imidazole rings is 1. The van der Waals surface area contributed by atoms with Crippen LogP contribution in [0.25, 0.3) is 11.3 Å². The van der Waals surface area contributed by atoms with Gasteiger partial charge in [-0.15, -0.1) is 0 Å². The molecular formula is C19H19N5O2. The highest BCUT2D eigenvalue weighted by Gasteiger charge is 2.23. The Labute approximate surface area is 151 Å². The molecule has 0 unspecified atom stereocenters. The second-order valence-electron chi connectivity index (χ2n) is 6.08. The number of aromatic nitrogens is 4. The van der Waals surface area contributed by atoms with Crippen molar-refractivity contribution >= 4 is 5.91 Å². The molecule has 1 aliphatic heterocycles. The van der Waals surface area contributed by atoms with Crippen LogP contribution in [-0.4, -0.2) is 50.8 Å². The van der Waals surface area contributed by atoms with Crippen LogP contribution in [0.3, 0.4) is 0 Å². The van der Waals surface area contributed by atoms with Crippen molar-refractivity contribution in [3.8, 4) is 17.0 Å². The number of nitrogens with zero attached hydrogens (tertiary/aromatic N) is 5. The summed E-state index contributed by atoms with van der Waals surface area (Å²) in [6.07, 6.45) is 5.64. The minimum atomic E-state index is -0.0236. The summed E-state index contributed by atoms with van der Waals surface area (Å²) >= 11 is 0. The molecule has 26 heavy (non-hydrogen) atoms. The zero-order valence-electron chi connectivity index (χ0n) is 14.5. The van der Waals surface area contributed by atoms with Gasteiger partial charge in [-0.2, -0.15) is 10.2 Å². The zero-order valence-corrected chi connectivity index (χ0v) is 14.5. The summed E-state index contributed by atoms with van der Waals surface area (Å²) in [7, 11) is 1.67. The Kier molecular flexibility index (Phi) is 4.35. The molecule has 132 valence electrons. The number of rotatable bonds is 3. The number of methoxy groups -OCH3 is 1. The highest BCUT2D eigenvalue weighted by Crippen LogP contribution is 2.31. The van der Waals surface area contributed by atoms with E-state index >= 15 is 0 Å². The number of para-hydroxylation sites is 1. The average Bonchev–Trinajstić information content (AvgIpc) is 2.99. The lowest BCUT2D eigenvalue weighted by molar-refractivity contribution is 0.0758. The third-order valence-corrected chi connectivity index (χ3v) is 4.64. The van der Waals surface area contributed by atoms with Crippen molar-refractivity contribution in [1.29, 1.82) is 0 Å². The summed E-state index contributed by atoms with van der Waals surface area (Å²) in [5.74, 6) is 1.77. The van der Waals surface area contributed by atoms with E-state index in [1.54, 1.807) is 13.2 Å². The van der Waals surface area contributed by atoms with Crippen LogP contribution in [0.1, 0.15) is 16.2 Å². The van der Waals surface area contributed by atoms with Crippen LogP contribution >= 0.6 is 0 Å². The van der Waals surface area contributed by atoms with Crippen LogP contribution in [-0.2, 0) is 13.0 Å². The fourth-order valence-corrected chi connectivity index (χ4v) is 3.30. The molecule has 1 aliphatic rings. The molecule has 0 saturated heterocycles. The normalized spacial score (nSPS) is 13.8. The summed E-state index contributed by atoms with van der Waals surface area (Å²) in [6, 6.07) is 9.60.